The van der Waals surface area contributed by atoms with Crippen molar-refractivity contribution in [2.45, 2.75) is 35.7 Å². The number of hydrogen-bond donors (Lipinski definition) is 3. The zero-order chi connectivity index (χ0) is 24.9. The average molecular weight is 512 g/mol. The monoisotopic (exact) mass is 511 g/mol. The first-order valence-electron chi connectivity index (χ1n) is 10.2. The maximum absolute atomic E-state index is 12.8. The lowest BCUT2D eigenvalue weighted by molar-refractivity contribution is -0.105. The lowest BCUT2D eigenvalue weighted by Crippen LogP contribution is -2.18. The van der Waals surface area contributed by atoms with Gasteiger partial charge in [-0.2, -0.15) is 13.2 Å². The molecular weight excluding hydrogens is 487 g/mol. The van der Waals surface area contributed by atoms with Crippen LogP contribution in [-0.2, 0) is 10.0 Å². The molecule has 3 rings (SSSR count). The zero-order valence-corrected chi connectivity index (χ0v) is 20.3. The summed E-state index contributed by atoms with van der Waals surface area (Å²) in [6.45, 7) is 4.20. The van der Waals surface area contributed by atoms with Gasteiger partial charge in [0, 0.05) is 16.6 Å². The molecule has 3 aromatic rings. The normalized spacial score (nSPS) is 12.1. The number of sulfonamides is 1. The highest BCUT2D eigenvalue weighted by molar-refractivity contribution is 7.99. The number of nitrogens with one attached hydrogen (secondary N) is 3. The van der Waals surface area contributed by atoms with Gasteiger partial charge in [0.15, 0.2) is 0 Å². The molecule has 0 saturated heterocycles. The number of hydrogen-bond acceptors (Lipinski definition) is 7. The minimum Gasteiger partial charge on any atom is -0.340 e. The number of thioether (sulfide) groups is 1. The van der Waals surface area contributed by atoms with Crippen molar-refractivity contribution in [2.75, 3.05) is 23.4 Å². The van der Waals surface area contributed by atoms with E-state index in [0.29, 0.717) is 23.5 Å². The summed E-state index contributed by atoms with van der Waals surface area (Å²) in [4.78, 5) is 8.43. The van der Waals surface area contributed by atoms with Crippen LogP contribution in [0.5, 0.6) is 0 Å². The summed E-state index contributed by atoms with van der Waals surface area (Å²) in [6, 6.07) is 13.3. The molecule has 182 valence electrons. The van der Waals surface area contributed by atoms with Crippen LogP contribution < -0.4 is 15.4 Å². The zero-order valence-electron chi connectivity index (χ0n) is 18.6. The summed E-state index contributed by atoms with van der Waals surface area (Å²) < 4.78 is 64.9. The fourth-order valence-electron chi connectivity index (χ4n) is 2.91. The largest absolute Gasteiger partial charge is 0.398 e. The van der Waals surface area contributed by atoms with E-state index in [4.69, 9.17) is 0 Å². The molecular formula is C22H24F3N5O2S2. The van der Waals surface area contributed by atoms with Gasteiger partial charge >= 0.3 is 6.18 Å². The highest BCUT2D eigenvalue weighted by Crippen LogP contribution is 2.35. The van der Waals surface area contributed by atoms with Crippen molar-refractivity contribution in [3.05, 3.63) is 60.4 Å². The fourth-order valence-corrected chi connectivity index (χ4v) is 4.41. The van der Waals surface area contributed by atoms with Crippen molar-refractivity contribution < 1.29 is 21.6 Å². The van der Waals surface area contributed by atoms with Crippen LogP contribution >= 0.6 is 11.8 Å². The maximum atomic E-state index is 12.8. The fraction of sp³-hybridized carbons (Fsp3) is 0.273. The number of benzene rings is 2. The molecule has 0 aliphatic rings. The molecule has 1 heterocycles. The molecule has 0 radical (unpaired) electrons. The van der Waals surface area contributed by atoms with Crippen LogP contribution in [0.2, 0.25) is 0 Å². The second-order valence-electron chi connectivity index (χ2n) is 7.58. The van der Waals surface area contributed by atoms with E-state index in [1.54, 1.807) is 6.07 Å². The number of aromatic nitrogens is 2. The standard InChI is InChI=1S/C22H24F3N5O2S2/c1-14(2)15-4-6-16(7-5-15)29-20-11-21(28-13-27-20)30-18-10-17(34(31,32)26-3)8-9-19(18)33-12-22(23,24)25/h4-11,13-14,26H,12H2,1-3H3,(H2,27,28,29,30). The Morgan fingerprint density at radius 1 is 0.971 bits per heavy atom. The summed E-state index contributed by atoms with van der Waals surface area (Å²) in [5.74, 6) is 0.0150. The van der Waals surface area contributed by atoms with Gasteiger partial charge in [-0.25, -0.2) is 23.1 Å². The van der Waals surface area contributed by atoms with E-state index in [0.717, 1.165) is 5.69 Å². The summed E-state index contributed by atoms with van der Waals surface area (Å²) >= 11 is 0.549. The summed E-state index contributed by atoms with van der Waals surface area (Å²) in [6.07, 6.45) is -3.08. The van der Waals surface area contributed by atoms with Gasteiger partial charge in [0.05, 0.1) is 16.3 Å². The van der Waals surface area contributed by atoms with Gasteiger partial charge in [0.25, 0.3) is 0 Å². The van der Waals surface area contributed by atoms with E-state index in [1.807, 2.05) is 24.3 Å². The molecule has 34 heavy (non-hydrogen) atoms. The number of rotatable bonds is 9. The third-order valence-electron chi connectivity index (χ3n) is 4.70. The van der Waals surface area contributed by atoms with Crippen molar-refractivity contribution in [2.24, 2.45) is 0 Å². The van der Waals surface area contributed by atoms with Crippen LogP contribution in [0.15, 0.2) is 64.6 Å². The van der Waals surface area contributed by atoms with Crippen LogP contribution in [-0.4, -0.2) is 37.4 Å². The highest BCUT2D eigenvalue weighted by Gasteiger charge is 2.28. The summed E-state index contributed by atoms with van der Waals surface area (Å²) in [5.41, 5.74) is 2.17. The van der Waals surface area contributed by atoms with Crippen molar-refractivity contribution in [3.8, 4) is 0 Å². The Hall–Kier alpha value is -2.83. The molecule has 0 aliphatic carbocycles. The van der Waals surface area contributed by atoms with Crippen LogP contribution in [0.25, 0.3) is 0 Å². The van der Waals surface area contributed by atoms with Gasteiger partial charge in [-0.15, -0.1) is 11.8 Å². The molecule has 0 bridgehead atoms. The third kappa shape index (κ3) is 7.08. The number of halogens is 3. The molecule has 0 amide bonds. The number of alkyl halides is 3. The Balaban J connectivity index is 1.87. The van der Waals surface area contributed by atoms with Gasteiger partial charge < -0.3 is 10.6 Å². The molecule has 0 spiro atoms. The van der Waals surface area contributed by atoms with Crippen LogP contribution in [0, 0.1) is 0 Å². The van der Waals surface area contributed by atoms with Crippen molar-refractivity contribution in [3.63, 3.8) is 0 Å². The van der Waals surface area contributed by atoms with E-state index in [-0.39, 0.29) is 21.3 Å². The highest BCUT2D eigenvalue weighted by atomic mass is 32.2. The minimum atomic E-state index is -4.38. The van der Waals surface area contributed by atoms with Gasteiger partial charge in [-0.3, -0.25) is 0 Å². The molecule has 2 aromatic carbocycles. The first kappa shape index (κ1) is 25.8. The van der Waals surface area contributed by atoms with Crippen LogP contribution in [0.3, 0.4) is 0 Å². The molecule has 1 aromatic heterocycles. The Kier molecular flexibility index (Phi) is 8.05. The van der Waals surface area contributed by atoms with E-state index >= 15 is 0 Å². The maximum Gasteiger partial charge on any atom is 0.398 e. The van der Waals surface area contributed by atoms with Gasteiger partial charge in [0.1, 0.15) is 18.0 Å². The molecule has 0 unspecified atom stereocenters. The van der Waals surface area contributed by atoms with Gasteiger partial charge in [-0.1, -0.05) is 26.0 Å². The van der Waals surface area contributed by atoms with Crippen molar-refractivity contribution in [1.82, 2.24) is 14.7 Å². The topological polar surface area (TPSA) is 96.0 Å². The summed E-state index contributed by atoms with van der Waals surface area (Å²) in [7, 11) is -2.54. The number of nitrogens with zero attached hydrogens (tertiary/aromatic N) is 2. The van der Waals surface area contributed by atoms with Crippen molar-refractivity contribution in [1.29, 1.82) is 0 Å². The molecule has 12 heteroatoms. The second kappa shape index (κ2) is 10.6. The lowest BCUT2D eigenvalue weighted by Gasteiger charge is -2.15. The first-order chi connectivity index (χ1) is 16.0. The Bertz CT molecular complexity index is 1230. The Morgan fingerprint density at radius 2 is 1.62 bits per heavy atom. The van der Waals surface area contributed by atoms with Gasteiger partial charge in [-0.05, 0) is 48.9 Å². The van der Waals surface area contributed by atoms with Crippen LogP contribution in [0.1, 0.15) is 25.3 Å². The van der Waals surface area contributed by atoms with E-state index in [2.05, 4.69) is 39.2 Å². The molecule has 0 atom stereocenters. The van der Waals surface area contributed by atoms with E-state index in [9.17, 15) is 21.6 Å². The minimum absolute atomic E-state index is 0.0912. The molecule has 0 aliphatic heterocycles. The quantitative estimate of drug-likeness (QED) is 0.320. The van der Waals surface area contributed by atoms with E-state index in [1.165, 1.54) is 37.1 Å². The smallest absolute Gasteiger partial charge is 0.340 e. The predicted molar refractivity (Wildman–Crippen MR) is 129 cm³/mol. The Labute approximate surface area is 200 Å². The SMILES string of the molecule is CNS(=O)(=O)c1ccc(SCC(F)(F)F)c(Nc2cc(Nc3ccc(C(C)C)cc3)ncn2)c1. The summed E-state index contributed by atoms with van der Waals surface area (Å²) in [5, 5.41) is 6.07. The third-order valence-corrected chi connectivity index (χ3v) is 7.25. The molecule has 0 saturated carbocycles. The molecule has 0 fully saturated rings. The first-order valence-corrected chi connectivity index (χ1v) is 12.7. The second-order valence-corrected chi connectivity index (χ2v) is 10.5. The lowest BCUT2D eigenvalue weighted by atomic mass is 10.0. The Morgan fingerprint density at radius 3 is 2.21 bits per heavy atom. The average Bonchev–Trinajstić information content (AvgIpc) is 2.78. The molecule has 3 N–H and O–H groups in total. The van der Waals surface area contributed by atoms with Gasteiger partial charge in [0.2, 0.25) is 10.0 Å². The van der Waals surface area contributed by atoms with Crippen molar-refractivity contribution >= 4 is 44.8 Å². The predicted octanol–water partition coefficient (Wildman–Crippen LogP) is 5.65. The molecule has 7 nitrogen and oxygen atoms in total. The number of anilines is 4. The van der Waals surface area contributed by atoms with Crippen LogP contribution in [0.4, 0.5) is 36.2 Å². The van der Waals surface area contributed by atoms with E-state index < -0.39 is 22.0 Å².